The third kappa shape index (κ3) is 5.01. The fraction of sp³-hybridized carbons (Fsp3) is 0.409. The normalized spacial score (nSPS) is 21.8. The Hall–Kier alpha value is -2.33. The summed E-state index contributed by atoms with van der Waals surface area (Å²) in [5, 5.41) is 6.05. The molecule has 0 unspecified atom stereocenters. The summed E-state index contributed by atoms with van der Waals surface area (Å²) in [6, 6.07) is 3.35. The van der Waals surface area contributed by atoms with E-state index in [-0.39, 0.29) is 17.7 Å². The molecular formula is C22H24ClFN4O3S. The smallest absolute Gasteiger partial charge is 0.338 e. The van der Waals surface area contributed by atoms with Gasteiger partial charge in [0.25, 0.3) is 0 Å². The number of morpholine rings is 1. The van der Waals surface area contributed by atoms with Gasteiger partial charge < -0.3 is 14.8 Å². The molecule has 1 aromatic carbocycles. The minimum absolute atomic E-state index is 0.0911. The summed E-state index contributed by atoms with van der Waals surface area (Å²) < 4.78 is 24.8. The molecule has 0 radical (unpaired) electrons. The minimum Gasteiger partial charge on any atom is -0.463 e. The van der Waals surface area contributed by atoms with E-state index in [1.807, 2.05) is 12.3 Å². The maximum Gasteiger partial charge on any atom is 0.338 e. The second-order valence-electron chi connectivity index (χ2n) is 7.54. The largest absolute Gasteiger partial charge is 0.463 e. The predicted molar refractivity (Wildman–Crippen MR) is 121 cm³/mol. The molecule has 2 aliphatic rings. The summed E-state index contributed by atoms with van der Waals surface area (Å²) in [7, 11) is 0. The molecule has 170 valence electrons. The average Bonchev–Trinajstić information content (AvgIpc) is 3.28. The Morgan fingerprint density at radius 1 is 1.47 bits per heavy atom. The molecule has 0 aliphatic carbocycles. The number of thiazole rings is 1. The number of carbonyl (C=O) groups is 1. The Morgan fingerprint density at radius 3 is 3.00 bits per heavy atom. The van der Waals surface area contributed by atoms with Crippen LogP contribution in [0.1, 0.15) is 30.5 Å². The lowest BCUT2D eigenvalue weighted by molar-refractivity contribution is -0.139. The van der Waals surface area contributed by atoms with Gasteiger partial charge in [-0.1, -0.05) is 17.7 Å². The minimum atomic E-state index is -0.754. The van der Waals surface area contributed by atoms with Crippen molar-refractivity contribution in [3.8, 4) is 0 Å². The van der Waals surface area contributed by atoms with Gasteiger partial charge in [0.2, 0.25) is 0 Å². The average molecular weight is 479 g/mol. The van der Waals surface area contributed by atoms with Crippen LogP contribution in [0, 0.1) is 5.82 Å². The molecule has 0 spiro atoms. The number of halogens is 2. The van der Waals surface area contributed by atoms with Crippen LogP contribution in [-0.4, -0.2) is 60.6 Å². The van der Waals surface area contributed by atoms with Gasteiger partial charge in [-0.15, -0.1) is 11.3 Å². The SMILES string of the molecule is CCOC(=O)C1=C(CN2CCO[C@@H](C)C2)NC(c2nccs2)=N[C@H]1c1ccc(F)cc1Cl. The summed E-state index contributed by atoms with van der Waals surface area (Å²) in [6.07, 6.45) is 1.78. The molecule has 1 saturated heterocycles. The van der Waals surface area contributed by atoms with Gasteiger partial charge in [0.15, 0.2) is 10.8 Å². The lowest BCUT2D eigenvalue weighted by Gasteiger charge is -2.34. The van der Waals surface area contributed by atoms with E-state index in [4.69, 9.17) is 26.1 Å². The zero-order valence-corrected chi connectivity index (χ0v) is 19.4. The van der Waals surface area contributed by atoms with Crippen molar-refractivity contribution in [1.82, 2.24) is 15.2 Å². The van der Waals surface area contributed by atoms with Crippen molar-refractivity contribution < 1.29 is 18.7 Å². The van der Waals surface area contributed by atoms with Gasteiger partial charge in [-0.2, -0.15) is 0 Å². The molecular weight excluding hydrogens is 455 g/mol. The highest BCUT2D eigenvalue weighted by Crippen LogP contribution is 2.37. The fourth-order valence-corrected chi connectivity index (χ4v) is 4.68. The molecule has 10 heteroatoms. The summed E-state index contributed by atoms with van der Waals surface area (Å²) in [5.74, 6) is -0.403. The number of ether oxygens (including phenoxy) is 2. The van der Waals surface area contributed by atoms with E-state index < -0.39 is 17.8 Å². The Bertz CT molecular complexity index is 1040. The van der Waals surface area contributed by atoms with E-state index >= 15 is 0 Å². The van der Waals surface area contributed by atoms with Crippen LogP contribution in [0.5, 0.6) is 0 Å². The van der Waals surface area contributed by atoms with Gasteiger partial charge in [0.1, 0.15) is 11.9 Å². The Labute approximate surface area is 194 Å². The predicted octanol–water partition coefficient (Wildman–Crippen LogP) is 3.56. The van der Waals surface area contributed by atoms with Crippen LogP contribution < -0.4 is 5.32 Å². The molecule has 0 bridgehead atoms. The molecule has 2 atom stereocenters. The third-order valence-corrected chi connectivity index (χ3v) is 6.33. The van der Waals surface area contributed by atoms with Crippen molar-refractivity contribution in [3.63, 3.8) is 0 Å². The van der Waals surface area contributed by atoms with Crippen molar-refractivity contribution in [3.05, 3.63) is 62.5 Å². The summed E-state index contributed by atoms with van der Waals surface area (Å²) in [5.41, 5.74) is 1.56. The Kier molecular flexibility index (Phi) is 7.20. The zero-order valence-electron chi connectivity index (χ0n) is 17.8. The van der Waals surface area contributed by atoms with E-state index in [0.717, 1.165) is 13.1 Å². The van der Waals surface area contributed by atoms with E-state index in [0.29, 0.717) is 40.8 Å². The Morgan fingerprint density at radius 2 is 2.31 bits per heavy atom. The number of hydrogen-bond acceptors (Lipinski definition) is 8. The number of amidine groups is 1. The number of esters is 1. The molecule has 1 fully saturated rings. The van der Waals surface area contributed by atoms with Crippen LogP contribution >= 0.6 is 22.9 Å². The highest BCUT2D eigenvalue weighted by Gasteiger charge is 2.35. The van der Waals surface area contributed by atoms with Gasteiger partial charge in [-0.05, 0) is 26.0 Å². The van der Waals surface area contributed by atoms with Crippen LogP contribution in [0.2, 0.25) is 5.02 Å². The quantitative estimate of drug-likeness (QED) is 0.640. The van der Waals surface area contributed by atoms with Crippen molar-refractivity contribution in [1.29, 1.82) is 0 Å². The van der Waals surface area contributed by atoms with E-state index in [1.54, 1.807) is 19.2 Å². The Balaban J connectivity index is 1.81. The first kappa shape index (κ1) is 22.8. The first-order valence-electron chi connectivity index (χ1n) is 10.4. The van der Waals surface area contributed by atoms with E-state index in [1.165, 1.54) is 23.5 Å². The van der Waals surface area contributed by atoms with Gasteiger partial charge in [-0.3, -0.25) is 9.89 Å². The van der Waals surface area contributed by atoms with Crippen molar-refractivity contribution in [2.45, 2.75) is 26.0 Å². The standard InChI is InChI=1S/C22H24ClFN4O3S/c1-3-30-22(29)18-17(12-28-7-8-31-13(2)11-28)26-20(21-25-6-9-32-21)27-19(18)15-5-4-14(24)10-16(15)23/h4-6,9-10,13,19H,3,7-8,11-12H2,1-2H3,(H,26,27)/t13-,19-/m0/s1. The second-order valence-corrected chi connectivity index (χ2v) is 8.84. The number of aliphatic imine (C=N–C) groups is 1. The van der Waals surface area contributed by atoms with Gasteiger partial charge in [0.05, 0.1) is 24.9 Å². The first-order valence-corrected chi connectivity index (χ1v) is 11.7. The van der Waals surface area contributed by atoms with E-state index in [9.17, 15) is 9.18 Å². The highest BCUT2D eigenvalue weighted by atomic mass is 35.5. The number of nitrogens with zero attached hydrogens (tertiary/aromatic N) is 3. The molecule has 2 aliphatic heterocycles. The molecule has 4 rings (SSSR count). The number of rotatable bonds is 6. The lowest BCUT2D eigenvalue weighted by Crippen LogP contribution is -2.45. The van der Waals surface area contributed by atoms with Crippen LogP contribution in [-0.2, 0) is 14.3 Å². The number of hydrogen-bond donors (Lipinski definition) is 1. The summed E-state index contributed by atoms with van der Waals surface area (Å²) in [4.78, 5) is 24.5. The third-order valence-electron chi connectivity index (χ3n) is 5.22. The van der Waals surface area contributed by atoms with Gasteiger partial charge in [-0.25, -0.2) is 14.2 Å². The summed E-state index contributed by atoms with van der Waals surface area (Å²) in [6.45, 7) is 6.54. The van der Waals surface area contributed by atoms with Crippen LogP contribution in [0.4, 0.5) is 4.39 Å². The van der Waals surface area contributed by atoms with Crippen LogP contribution in [0.15, 0.2) is 46.0 Å². The van der Waals surface area contributed by atoms with Crippen molar-refractivity contribution in [2.75, 3.05) is 32.8 Å². The van der Waals surface area contributed by atoms with Crippen LogP contribution in [0.3, 0.4) is 0 Å². The molecule has 3 heterocycles. The number of carbonyl (C=O) groups excluding carboxylic acids is 1. The zero-order chi connectivity index (χ0) is 22.7. The molecule has 0 saturated carbocycles. The molecule has 2 aromatic rings. The van der Waals surface area contributed by atoms with Gasteiger partial charge in [0, 0.05) is 47.5 Å². The second kappa shape index (κ2) is 10.1. The van der Waals surface area contributed by atoms with E-state index in [2.05, 4.69) is 15.2 Å². The lowest BCUT2D eigenvalue weighted by atomic mass is 9.95. The maximum absolute atomic E-state index is 13.8. The topological polar surface area (TPSA) is 76.0 Å². The maximum atomic E-state index is 13.8. The van der Waals surface area contributed by atoms with Gasteiger partial charge >= 0.3 is 5.97 Å². The number of nitrogens with one attached hydrogen (secondary N) is 1. The number of benzene rings is 1. The number of aromatic nitrogens is 1. The molecule has 1 aromatic heterocycles. The molecule has 32 heavy (non-hydrogen) atoms. The first-order chi connectivity index (χ1) is 15.5. The van der Waals surface area contributed by atoms with Crippen molar-refractivity contribution >= 4 is 34.7 Å². The molecule has 0 amide bonds. The highest BCUT2D eigenvalue weighted by molar-refractivity contribution is 7.11. The molecule has 1 N–H and O–H groups in total. The summed E-state index contributed by atoms with van der Waals surface area (Å²) >= 11 is 7.83. The fourth-order valence-electron chi connectivity index (χ4n) is 3.82. The monoisotopic (exact) mass is 478 g/mol. The van der Waals surface area contributed by atoms with Crippen molar-refractivity contribution in [2.24, 2.45) is 4.99 Å². The van der Waals surface area contributed by atoms with Crippen LogP contribution in [0.25, 0.3) is 0 Å². The molecule has 7 nitrogen and oxygen atoms in total.